The molecule has 0 N–H and O–H groups in total. The number of carbonyl (C=O) groups excluding carboxylic acids is 1. The standard InChI is InChI=1S/C14H12N4O/c1-17-10-15-9-13(17)14(19)12-7-8-16-18(12)11-5-3-2-4-6-11/h2-10H,1H3. The van der Waals surface area contributed by atoms with Gasteiger partial charge in [0.05, 0.1) is 24.4 Å². The van der Waals surface area contributed by atoms with E-state index in [-0.39, 0.29) is 5.78 Å². The minimum absolute atomic E-state index is 0.0960. The van der Waals surface area contributed by atoms with Gasteiger partial charge in [0.25, 0.3) is 0 Å². The van der Waals surface area contributed by atoms with Crippen molar-refractivity contribution in [2.24, 2.45) is 7.05 Å². The average molecular weight is 252 g/mol. The van der Waals surface area contributed by atoms with Crippen molar-refractivity contribution in [2.45, 2.75) is 0 Å². The van der Waals surface area contributed by atoms with Crippen molar-refractivity contribution in [3.05, 3.63) is 66.5 Å². The van der Waals surface area contributed by atoms with Crippen LogP contribution in [-0.2, 0) is 7.05 Å². The molecular formula is C14H12N4O. The summed E-state index contributed by atoms with van der Waals surface area (Å²) in [6.45, 7) is 0. The van der Waals surface area contributed by atoms with E-state index in [0.717, 1.165) is 5.69 Å². The fourth-order valence-electron chi connectivity index (χ4n) is 1.96. The highest BCUT2D eigenvalue weighted by atomic mass is 16.1. The topological polar surface area (TPSA) is 52.7 Å². The molecule has 3 rings (SSSR count). The van der Waals surface area contributed by atoms with Gasteiger partial charge in [0, 0.05) is 7.05 Å². The number of carbonyl (C=O) groups is 1. The Bertz CT molecular complexity index is 712. The Labute approximate surface area is 110 Å². The molecule has 1 aromatic carbocycles. The first-order valence-electron chi connectivity index (χ1n) is 5.88. The number of hydrogen-bond acceptors (Lipinski definition) is 3. The third kappa shape index (κ3) is 1.95. The van der Waals surface area contributed by atoms with Gasteiger partial charge in [-0.2, -0.15) is 5.10 Å². The van der Waals surface area contributed by atoms with Crippen molar-refractivity contribution in [1.82, 2.24) is 19.3 Å². The molecule has 0 saturated heterocycles. The van der Waals surface area contributed by atoms with Crippen LogP contribution in [0.2, 0.25) is 0 Å². The Morgan fingerprint density at radius 2 is 1.89 bits per heavy atom. The predicted molar refractivity (Wildman–Crippen MR) is 70.2 cm³/mol. The Hall–Kier alpha value is -2.69. The van der Waals surface area contributed by atoms with Crippen LogP contribution in [0.4, 0.5) is 0 Å². The van der Waals surface area contributed by atoms with E-state index in [9.17, 15) is 4.79 Å². The van der Waals surface area contributed by atoms with Crippen molar-refractivity contribution in [3.8, 4) is 5.69 Å². The minimum atomic E-state index is -0.0960. The molecule has 0 atom stereocenters. The third-order valence-corrected chi connectivity index (χ3v) is 2.93. The monoisotopic (exact) mass is 252 g/mol. The zero-order chi connectivity index (χ0) is 13.2. The summed E-state index contributed by atoms with van der Waals surface area (Å²) in [7, 11) is 1.80. The van der Waals surface area contributed by atoms with Crippen LogP contribution in [-0.4, -0.2) is 25.1 Å². The lowest BCUT2D eigenvalue weighted by Gasteiger charge is -2.06. The molecule has 0 aliphatic carbocycles. The third-order valence-electron chi connectivity index (χ3n) is 2.93. The summed E-state index contributed by atoms with van der Waals surface area (Å²) in [6.07, 6.45) is 4.79. The quantitative estimate of drug-likeness (QED) is 0.668. The molecule has 94 valence electrons. The first-order valence-corrected chi connectivity index (χ1v) is 5.88. The molecule has 5 heteroatoms. The summed E-state index contributed by atoms with van der Waals surface area (Å²) in [4.78, 5) is 16.4. The predicted octanol–water partition coefficient (Wildman–Crippen LogP) is 1.84. The normalized spacial score (nSPS) is 10.6. The molecular weight excluding hydrogens is 240 g/mol. The zero-order valence-electron chi connectivity index (χ0n) is 10.4. The van der Waals surface area contributed by atoms with Gasteiger partial charge < -0.3 is 4.57 Å². The second kappa shape index (κ2) is 4.53. The van der Waals surface area contributed by atoms with Crippen molar-refractivity contribution in [3.63, 3.8) is 0 Å². The lowest BCUT2D eigenvalue weighted by Crippen LogP contribution is -2.12. The summed E-state index contributed by atoms with van der Waals surface area (Å²) < 4.78 is 3.33. The van der Waals surface area contributed by atoms with E-state index in [0.29, 0.717) is 11.4 Å². The van der Waals surface area contributed by atoms with Gasteiger partial charge in [-0.25, -0.2) is 9.67 Å². The maximum Gasteiger partial charge on any atom is 0.229 e. The molecule has 19 heavy (non-hydrogen) atoms. The molecule has 2 aromatic heterocycles. The first kappa shape index (κ1) is 11.4. The fourth-order valence-corrected chi connectivity index (χ4v) is 1.96. The second-order valence-corrected chi connectivity index (χ2v) is 4.18. The van der Waals surface area contributed by atoms with Gasteiger partial charge in [-0.15, -0.1) is 0 Å². The Kier molecular flexibility index (Phi) is 2.72. The first-order chi connectivity index (χ1) is 9.27. The summed E-state index contributed by atoms with van der Waals surface area (Å²) in [6, 6.07) is 11.3. The van der Waals surface area contributed by atoms with E-state index < -0.39 is 0 Å². The van der Waals surface area contributed by atoms with Crippen LogP contribution in [0.5, 0.6) is 0 Å². The number of benzene rings is 1. The fraction of sp³-hybridized carbons (Fsp3) is 0.0714. The SMILES string of the molecule is Cn1cncc1C(=O)c1ccnn1-c1ccccc1. The number of rotatable bonds is 3. The zero-order valence-corrected chi connectivity index (χ0v) is 10.4. The highest BCUT2D eigenvalue weighted by Crippen LogP contribution is 2.13. The summed E-state index contributed by atoms with van der Waals surface area (Å²) in [5.74, 6) is -0.0960. The second-order valence-electron chi connectivity index (χ2n) is 4.18. The van der Waals surface area contributed by atoms with Crippen LogP contribution in [0.25, 0.3) is 5.69 Å². The van der Waals surface area contributed by atoms with Gasteiger partial charge in [-0.3, -0.25) is 4.79 Å². The van der Waals surface area contributed by atoms with E-state index >= 15 is 0 Å². The van der Waals surface area contributed by atoms with Gasteiger partial charge in [0.1, 0.15) is 11.4 Å². The molecule has 5 nitrogen and oxygen atoms in total. The van der Waals surface area contributed by atoms with Crippen LogP contribution < -0.4 is 0 Å². The molecule has 0 spiro atoms. The van der Waals surface area contributed by atoms with E-state index in [1.54, 1.807) is 41.1 Å². The average Bonchev–Trinajstić information content (AvgIpc) is 3.07. The molecule has 0 amide bonds. The number of imidazole rings is 1. The highest BCUT2D eigenvalue weighted by Gasteiger charge is 2.17. The van der Waals surface area contributed by atoms with Gasteiger partial charge in [-0.1, -0.05) is 18.2 Å². The van der Waals surface area contributed by atoms with Gasteiger partial charge in [0.2, 0.25) is 5.78 Å². The van der Waals surface area contributed by atoms with E-state index in [1.165, 1.54) is 0 Å². The number of nitrogens with zero attached hydrogens (tertiary/aromatic N) is 4. The van der Waals surface area contributed by atoms with Crippen LogP contribution in [0, 0.1) is 0 Å². The van der Waals surface area contributed by atoms with Crippen LogP contribution in [0.1, 0.15) is 16.2 Å². The van der Waals surface area contributed by atoms with E-state index in [2.05, 4.69) is 10.1 Å². The molecule has 2 heterocycles. The van der Waals surface area contributed by atoms with Gasteiger partial charge in [-0.05, 0) is 18.2 Å². The number of hydrogen-bond donors (Lipinski definition) is 0. The van der Waals surface area contributed by atoms with Crippen molar-refractivity contribution in [2.75, 3.05) is 0 Å². The summed E-state index contributed by atoms with van der Waals surface area (Å²) >= 11 is 0. The maximum atomic E-state index is 12.5. The number of aryl methyl sites for hydroxylation is 1. The number of ketones is 1. The maximum absolute atomic E-state index is 12.5. The molecule has 0 radical (unpaired) electrons. The molecule has 0 saturated carbocycles. The van der Waals surface area contributed by atoms with Crippen molar-refractivity contribution < 1.29 is 4.79 Å². The lowest BCUT2D eigenvalue weighted by molar-refractivity contribution is 0.102. The van der Waals surface area contributed by atoms with E-state index in [1.807, 2.05) is 30.3 Å². The van der Waals surface area contributed by atoms with Gasteiger partial charge >= 0.3 is 0 Å². The number of para-hydroxylation sites is 1. The largest absolute Gasteiger partial charge is 0.331 e. The van der Waals surface area contributed by atoms with Crippen LogP contribution in [0.3, 0.4) is 0 Å². The molecule has 0 bridgehead atoms. The molecule has 0 unspecified atom stereocenters. The van der Waals surface area contributed by atoms with E-state index in [4.69, 9.17) is 0 Å². The Morgan fingerprint density at radius 1 is 1.11 bits per heavy atom. The molecule has 0 fully saturated rings. The van der Waals surface area contributed by atoms with Crippen molar-refractivity contribution in [1.29, 1.82) is 0 Å². The summed E-state index contributed by atoms with van der Waals surface area (Å²) in [5, 5.41) is 4.21. The molecule has 0 aliphatic rings. The Morgan fingerprint density at radius 3 is 2.58 bits per heavy atom. The number of aromatic nitrogens is 4. The summed E-state index contributed by atoms with van der Waals surface area (Å²) in [5.41, 5.74) is 1.92. The van der Waals surface area contributed by atoms with Crippen LogP contribution >= 0.6 is 0 Å². The Balaban J connectivity index is 2.06. The minimum Gasteiger partial charge on any atom is -0.331 e. The molecule has 0 aliphatic heterocycles. The van der Waals surface area contributed by atoms with Crippen molar-refractivity contribution >= 4 is 5.78 Å². The highest BCUT2D eigenvalue weighted by molar-refractivity contribution is 6.06. The molecule has 3 aromatic rings. The van der Waals surface area contributed by atoms with Gasteiger partial charge in [0.15, 0.2) is 0 Å². The van der Waals surface area contributed by atoms with Crippen LogP contribution in [0.15, 0.2) is 55.1 Å². The smallest absolute Gasteiger partial charge is 0.229 e. The lowest BCUT2D eigenvalue weighted by atomic mass is 10.2.